The van der Waals surface area contributed by atoms with Gasteiger partial charge >= 0.3 is 7.82 Å². The maximum atomic E-state index is 19.4. The molecular weight excluding hydrogens is 1880 g/mol. The van der Waals surface area contributed by atoms with Crippen molar-refractivity contribution in [3.63, 3.8) is 0 Å². The van der Waals surface area contributed by atoms with E-state index < -0.39 is 44.4 Å². The van der Waals surface area contributed by atoms with Gasteiger partial charge in [0, 0.05) is 72.4 Å². The van der Waals surface area contributed by atoms with Crippen LogP contribution in [-0.2, 0) is 117 Å². The molecular formula is C129H111O19P. The maximum absolute atomic E-state index is 19.4. The summed E-state index contributed by atoms with van der Waals surface area (Å²) in [7, 11) is -5.59. The zero-order valence-corrected chi connectivity index (χ0v) is 83.0. The number of benzene rings is 18. The molecule has 0 saturated heterocycles. The number of ether oxygens (including phenoxy) is 15. The van der Waals surface area contributed by atoms with Crippen molar-refractivity contribution >= 4 is 7.82 Å². The zero-order valence-electron chi connectivity index (χ0n) is 82.1. The first-order chi connectivity index (χ1) is 73.6. The Labute approximate surface area is 868 Å². The lowest BCUT2D eigenvalue weighted by Crippen LogP contribution is -2.38. The lowest BCUT2D eigenvalue weighted by Gasteiger charge is -2.41. The van der Waals surface area contributed by atoms with Gasteiger partial charge in [-0.15, -0.1) is 0 Å². The van der Waals surface area contributed by atoms with Gasteiger partial charge in [-0.2, -0.15) is 0 Å². The Balaban J connectivity index is 0.769. The van der Waals surface area contributed by atoms with Crippen molar-refractivity contribution < 1.29 is 89.2 Å². The number of phosphoric ester groups is 1. The van der Waals surface area contributed by atoms with Crippen LogP contribution < -0.4 is 71.1 Å². The molecule has 0 bridgehead atoms. The first-order valence-corrected chi connectivity index (χ1v) is 51.6. The molecule has 0 aliphatic carbocycles. The number of hydrogen-bond acceptors (Lipinski definition) is 19. The molecule has 149 heavy (non-hydrogen) atoms. The van der Waals surface area contributed by atoms with Gasteiger partial charge in [-0.05, 0) is 120 Å². The molecule has 3 aliphatic rings. The quantitative estimate of drug-likeness (QED) is 0.0328. The second kappa shape index (κ2) is 48.4. The molecule has 0 N–H and O–H groups in total. The summed E-state index contributed by atoms with van der Waals surface area (Å²) >= 11 is 0. The fourth-order valence-electron chi connectivity index (χ4n) is 18.2. The second-order valence-corrected chi connectivity index (χ2v) is 38.2. The summed E-state index contributed by atoms with van der Waals surface area (Å²) in [4.78, 5) is 0. The SMILES string of the molecule is O=P(OC1Cc2c(OCc3ccccc3)cc(OCc3ccccc3)cc2OC1c1ccc(OCc2ccccc2)c(OCc2ccccc2)c1)(OC1Cc2c(OCc3ccccc3)cc(OCc3ccccc3)cc2OC1c1ccc(OCc2ccccc2)c(OCc2ccccc2)c1)OC1Cc2c(OCc3ccccc3)cc(OCc3ccccc3)cc2OC1c1ccc(OCc2ccccc2)c(OCc2ccccc2)c1. The zero-order chi connectivity index (χ0) is 100. The monoisotopic (exact) mass is 1990 g/mol. The highest BCUT2D eigenvalue weighted by molar-refractivity contribution is 7.48. The van der Waals surface area contributed by atoms with Crippen molar-refractivity contribution in [2.24, 2.45) is 0 Å². The molecule has 20 heteroatoms. The first-order valence-electron chi connectivity index (χ1n) is 50.2. The Morgan fingerprint density at radius 2 is 0.349 bits per heavy atom. The Kier molecular flexibility index (Phi) is 31.9. The van der Waals surface area contributed by atoms with E-state index in [1.165, 1.54) is 0 Å². The van der Waals surface area contributed by atoms with Crippen LogP contribution in [0.15, 0.2) is 455 Å². The normalized spacial score (nSPS) is 15.7. The predicted octanol–water partition coefficient (Wildman–Crippen LogP) is 29.3. The highest BCUT2D eigenvalue weighted by Crippen LogP contribution is 2.62. The van der Waals surface area contributed by atoms with Gasteiger partial charge < -0.3 is 71.1 Å². The number of phosphoric acid groups is 1. The van der Waals surface area contributed by atoms with Gasteiger partial charge in [0.15, 0.2) is 52.8 Å². The summed E-state index contributed by atoms with van der Waals surface area (Å²) in [6.07, 6.45) is -7.99. The average Bonchev–Trinajstić information content (AvgIpc) is 0.747. The number of hydrogen-bond donors (Lipinski definition) is 0. The minimum atomic E-state index is -5.59. The molecule has 6 unspecified atom stereocenters. The summed E-state index contributed by atoms with van der Waals surface area (Å²) < 4.78 is 150. The molecule has 0 fully saturated rings. The van der Waals surface area contributed by atoms with Gasteiger partial charge in [0.25, 0.3) is 0 Å². The Bertz CT molecular complexity index is 6730. The Morgan fingerprint density at radius 1 is 0.181 bits per heavy atom. The van der Waals surface area contributed by atoms with Crippen molar-refractivity contribution in [2.45, 2.75) is 135 Å². The molecule has 3 aliphatic heterocycles. The van der Waals surface area contributed by atoms with Gasteiger partial charge in [-0.1, -0.05) is 382 Å². The van der Waals surface area contributed by atoms with Crippen LogP contribution >= 0.6 is 7.82 Å². The van der Waals surface area contributed by atoms with Gasteiger partial charge in [0.1, 0.15) is 149 Å². The van der Waals surface area contributed by atoms with Crippen molar-refractivity contribution in [2.75, 3.05) is 0 Å². The molecule has 18 aromatic carbocycles. The average molecular weight is 2000 g/mol. The second-order valence-electron chi connectivity index (χ2n) is 36.7. The molecule has 0 spiro atoms. The molecule has 0 saturated carbocycles. The van der Waals surface area contributed by atoms with Crippen LogP contribution in [0.5, 0.6) is 86.2 Å². The van der Waals surface area contributed by atoms with Crippen molar-refractivity contribution in [1.29, 1.82) is 0 Å². The molecule has 0 radical (unpaired) electrons. The van der Waals surface area contributed by atoms with Gasteiger partial charge in [0.2, 0.25) is 0 Å². The summed E-state index contributed by atoms with van der Waals surface area (Å²) in [6, 6.07) is 147. The Morgan fingerprint density at radius 3 is 0.537 bits per heavy atom. The smallest absolute Gasteiger partial charge is 0.476 e. The maximum Gasteiger partial charge on any atom is 0.476 e. The molecule has 6 atom stereocenters. The van der Waals surface area contributed by atoms with Crippen LogP contribution in [0.1, 0.15) is 118 Å². The number of fused-ring (bicyclic) bond motifs is 3. The van der Waals surface area contributed by atoms with E-state index in [9.17, 15) is 0 Å². The molecule has 18 aromatic rings. The third-order valence-corrected chi connectivity index (χ3v) is 27.6. The third kappa shape index (κ3) is 26.1. The molecule has 3 heterocycles. The lowest BCUT2D eigenvalue weighted by molar-refractivity contribution is -0.0569. The summed E-state index contributed by atoms with van der Waals surface area (Å²) in [5, 5.41) is 0. The van der Waals surface area contributed by atoms with Crippen molar-refractivity contribution in [1.82, 2.24) is 0 Å². The summed E-state index contributed by atoms with van der Waals surface area (Å²) in [5.41, 5.74) is 14.2. The largest absolute Gasteiger partial charge is 0.489 e. The van der Waals surface area contributed by atoms with Crippen LogP contribution in [0.2, 0.25) is 0 Å². The highest BCUT2D eigenvalue weighted by Gasteiger charge is 2.50. The van der Waals surface area contributed by atoms with Crippen LogP contribution in [-0.4, -0.2) is 18.3 Å². The van der Waals surface area contributed by atoms with E-state index in [-0.39, 0.29) is 98.5 Å². The molecule has 19 nitrogen and oxygen atoms in total. The molecule has 746 valence electrons. The first kappa shape index (κ1) is 98.1. The summed E-state index contributed by atoms with van der Waals surface area (Å²) in [6.45, 7) is 2.09. The van der Waals surface area contributed by atoms with Gasteiger partial charge in [0.05, 0.1) is 0 Å². The predicted molar refractivity (Wildman–Crippen MR) is 571 cm³/mol. The fraction of sp³-hybridized carbons (Fsp3) is 0.163. The lowest BCUT2D eigenvalue weighted by atomic mass is 9.93. The minimum Gasteiger partial charge on any atom is -0.489 e. The van der Waals surface area contributed by atoms with E-state index in [2.05, 4.69) is 0 Å². The molecule has 21 rings (SSSR count). The third-order valence-electron chi connectivity index (χ3n) is 26.0. The van der Waals surface area contributed by atoms with E-state index in [1.807, 2.05) is 455 Å². The van der Waals surface area contributed by atoms with Crippen LogP contribution in [0.25, 0.3) is 0 Å². The standard InChI is InChI=1S/C129H111O19P/c130-149(146-124-76-109-115(137-85-97-49-25-7-26-50-97)70-106(131-79-91-37-13-1-14-38-91)73-118(109)143-127(124)103-61-64-112(134-82-94-43-19-4-20-44-94)121(67-103)140-88-100-55-31-10-32-56-100,147-125-77-110-116(138-86-98-51-27-8-28-52-98)71-107(132-80-92-39-15-2-16-40-92)74-119(110)144-128(125)104-62-65-113(135-83-95-45-21-5-22-46-95)122(68-104)141-89-101-57-33-11-34-58-101)148-126-78-111-117(139-87-99-53-29-9-30-54-99)72-108(133-81-93-41-17-3-18-42-93)75-120(111)145-129(126)105-63-66-114(136-84-96-47-23-6-24-48-96)123(69-105)142-90-102-59-35-12-36-60-102/h1-75,124-129H,76-90H2. The van der Waals surface area contributed by atoms with Gasteiger partial charge in [-0.25, -0.2) is 4.57 Å². The van der Waals surface area contributed by atoms with E-state index >= 15 is 4.57 Å². The van der Waals surface area contributed by atoms with Crippen molar-refractivity contribution in [3.05, 3.63) is 555 Å². The number of rotatable bonds is 45. The van der Waals surface area contributed by atoms with Crippen molar-refractivity contribution in [3.8, 4) is 86.2 Å². The van der Waals surface area contributed by atoms with Crippen LogP contribution in [0.4, 0.5) is 0 Å². The molecule has 0 aromatic heterocycles. The van der Waals surface area contributed by atoms with E-state index in [4.69, 9.17) is 84.6 Å². The molecule has 0 amide bonds. The van der Waals surface area contributed by atoms with E-state index in [0.717, 1.165) is 66.8 Å². The van der Waals surface area contributed by atoms with Crippen LogP contribution in [0.3, 0.4) is 0 Å². The highest BCUT2D eigenvalue weighted by atomic mass is 31.2. The topological polar surface area (TPSA) is 183 Å². The van der Waals surface area contributed by atoms with Crippen LogP contribution in [0, 0.1) is 0 Å². The van der Waals surface area contributed by atoms with E-state index in [0.29, 0.717) is 120 Å². The summed E-state index contributed by atoms with van der Waals surface area (Å²) in [5.74, 6) is 6.19. The van der Waals surface area contributed by atoms with E-state index in [1.54, 1.807) is 0 Å². The van der Waals surface area contributed by atoms with Gasteiger partial charge in [-0.3, -0.25) is 13.6 Å². The Hall–Kier alpha value is -16.9. The minimum absolute atomic E-state index is 0.0707. The fourth-order valence-corrected chi connectivity index (χ4v) is 19.9.